The molecule has 1 amide bonds. The van der Waals surface area contributed by atoms with Crippen LogP contribution in [-0.4, -0.2) is 5.91 Å². The normalized spacial score (nSPS) is 10.9. The Morgan fingerprint density at radius 2 is 1.73 bits per heavy atom. The predicted octanol–water partition coefficient (Wildman–Crippen LogP) is 6.77. The van der Waals surface area contributed by atoms with Crippen LogP contribution in [-0.2, 0) is 11.4 Å². The van der Waals surface area contributed by atoms with Crippen LogP contribution < -0.4 is 10.1 Å². The van der Waals surface area contributed by atoms with Crippen LogP contribution in [0, 0.1) is 11.3 Å². The SMILES string of the molecule is N#CC(=Cc1cccc(OCc2ccccc2Cl)c1)C(=O)Nc1cc(Cl)cc(Cl)c1. The first-order chi connectivity index (χ1) is 14.4. The number of ether oxygens (including phenoxy) is 1. The van der Waals surface area contributed by atoms with Crippen molar-refractivity contribution in [1.29, 1.82) is 5.26 Å². The van der Waals surface area contributed by atoms with Gasteiger partial charge in [0.05, 0.1) is 0 Å². The molecule has 4 nitrogen and oxygen atoms in total. The Balaban J connectivity index is 1.74. The molecule has 0 saturated heterocycles. The predicted molar refractivity (Wildman–Crippen MR) is 121 cm³/mol. The zero-order chi connectivity index (χ0) is 21.5. The maximum absolute atomic E-state index is 12.5. The van der Waals surface area contributed by atoms with E-state index in [0.29, 0.717) is 38.7 Å². The van der Waals surface area contributed by atoms with E-state index in [0.717, 1.165) is 5.56 Å². The van der Waals surface area contributed by atoms with Gasteiger partial charge in [-0.3, -0.25) is 4.79 Å². The summed E-state index contributed by atoms with van der Waals surface area (Å²) in [6.45, 7) is 0.300. The largest absolute Gasteiger partial charge is 0.489 e. The lowest BCUT2D eigenvalue weighted by Crippen LogP contribution is -2.13. The molecule has 0 fully saturated rings. The minimum absolute atomic E-state index is 0.0747. The number of halogens is 3. The Kier molecular flexibility index (Phi) is 7.37. The topological polar surface area (TPSA) is 62.1 Å². The van der Waals surface area contributed by atoms with Crippen molar-refractivity contribution in [1.82, 2.24) is 0 Å². The van der Waals surface area contributed by atoms with Gasteiger partial charge in [0, 0.05) is 26.3 Å². The highest BCUT2D eigenvalue weighted by Gasteiger charge is 2.11. The lowest BCUT2D eigenvalue weighted by atomic mass is 10.1. The van der Waals surface area contributed by atoms with Crippen LogP contribution in [0.25, 0.3) is 6.08 Å². The number of hydrogen-bond acceptors (Lipinski definition) is 3. The van der Waals surface area contributed by atoms with Gasteiger partial charge < -0.3 is 10.1 Å². The van der Waals surface area contributed by atoms with Gasteiger partial charge in [0.25, 0.3) is 5.91 Å². The highest BCUT2D eigenvalue weighted by atomic mass is 35.5. The second kappa shape index (κ2) is 10.2. The molecule has 0 saturated carbocycles. The smallest absolute Gasteiger partial charge is 0.266 e. The Bertz CT molecular complexity index is 1130. The van der Waals surface area contributed by atoms with Crippen LogP contribution in [0.15, 0.2) is 72.3 Å². The number of carbonyl (C=O) groups excluding carboxylic acids is 1. The van der Waals surface area contributed by atoms with Gasteiger partial charge in [-0.1, -0.05) is 65.1 Å². The Morgan fingerprint density at radius 1 is 1.00 bits per heavy atom. The number of nitrogens with one attached hydrogen (secondary N) is 1. The summed E-state index contributed by atoms with van der Waals surface area (Å²) < 4.78 is 5.78. The van der Waals surface area contributed by atoms with Gasteiger partial charge in [0.15, 0.2) is 0 Å². The number of rotatable bonds is 6. The molecular weight excluding hydrogens is 443 g/mol. The van der Waals surface area contributed by atoms with Gasteiger partial charge >= 0.3 is 0 Å². The number of anilines is 1. The number of benzene rings is 3. The fourth-order valence-electron chi connectivity index (χ4n) is 2.61. The van der Waals surface area contributed by atoms with Crippen LogP contribution in [0.1, 0.15) is 11.1 Å². The average Bonchev–Trinajstić information content (AvgIpc) is 2.71. The second-order valence-corrected chi connectivity index (χ2v) is 7.51. The molecule has 0 aromatic heterocycles. The zero-order valence-corrected chi connectivity index (χ0v) is 17.8. The van der Waals surface area contributed by atoms with Crippen LogP contribution in [0.4, 0.5) is 5.69 Å². The van der Waals surface area contributed by atoms with E-state index in [-0.39, 0.29) is 5.57 Å². The third-order valence-electron chi connectivity index (χ3n) is 4.01. The molecule has 7 heteroatoms. The van der Waals surface area contributed by atoms with Gasteiger partial charge in [0.2, 0.25) is 0 Å². The van der Waals surface area contributed by atoms with Crippen molar-refractivity contribution in [3.8, 4) is 11.8 Å². The van der Waals surface area contributed by atoms with E-state index >= 15 is 0 Å². The Morgan fingerprint density at radius 3 is 2.43 bits per heavy atom. The first-order valence-corrected chi connectivity index (χ1v) is 9.93. The van der Waals surface area contributed by atoms with Gasteiger partial charge in [-0.2, -0.15) is 5.26 Å². The molecule has 0 aliphatic carbocycles. The highest BCUT2D eigenvalue weighted by Crippen LogP contribution is 2.24. The summed E-state index contributed by atoms with van der Waals surface area (Å²) in [7, 11) is 0. The average molecular weight is 458 g/mol. The van der Waals surface area contributed by atoms with Crippen molar-refractivity contribution in [2.75, 3.05) is 5.32 Å². The molecule has 3 rings (SSSR count). The summed E-state index contributed by atoms with van der Waals surface area (Å²) in [4.78, 5) is 12.5. The monoisotopic (exact) mass is 456 g/mol. The van der Waals surface area contributed by atoms with Crippen LogP contribution >= 0.6 is 34.8 Å². The fraction of sp³-hybridized carbons (Fsp3) is 0.0435. The van der Waals surface area contributed by atoms with E-state index in [1.54, 1.807) is 48.5 Å². The van der Waals surface area contributed by atoms with Crippen molar-refractivity contribution >= 4 is 52.5 Å². The molecular formula is C23H15Cl3N2O2. The number of nitrogens with zero attached hydrogens (tertiary/aromatic N) is 1. The van der Waals surface area contributed by atoms with E-state index in [1.165, 1.54) is 6.08 Å². The summed E-state index contributed by atoms with van der Waals surface area (Å²) in [6, 6.07) is 21.0. The lowest BCUT2D eigenvalue weighted by molar-refractivity contribution is -0.112. The molecule has 30 heavy (non-hydrogen) atoms. The number of carbonyl (C=O) groups is 1. The van der Waals surface area contributed by atoms with E-state index in [2.05, 4.69) is 5.32 Å². The summed E-state index contributed by atoms with van der Waals surface area (Å²) in [5.41, 5.74) is 1.82. The standard InChI is InChI=1S/C23H15Cl3N2O2/c24-18-10-19(25)12-20(11-18)28-23(29)17(13-27)8-15-4-3-6-21(9-15)30-14-16-5-1-2-7-22(16)26/h1-12H,14H2,(H,28,29). The summed E-state index contributed by atoms with van der Waals surface area (Å²) in [6.07, 6.45) is 1.48. The molecule has 150 valence electrons. The zero-order valence-electron chi connectivity index (χ0n) is 15.5. The quantitative estimate of drug-likeness (QED) is 0.328. The first-order valence-electron chi connectivity index (χ1n) is 8.80. The molecule has 0 aliphatic rings. The maximum Gasteiger partial charge on any atom is 0.266 e. The number of amides is 1. The van der Waals surface area contributed by atoms with Crippen molar-refractivity contribution < 1.29 is 9.53 Å². The van der Waals surface area contributed by atoms with Crippen LogP contribution in [0.3, 0.4) is 0 Å². The maximum atomic E-state index is 12.5. The first kappa shape index (κ1) is 21.7. The number of hydrogen-bond donors (Lipinski definition) is 1. The van der Waals surface area contributed by atoms with Gasteiger partial charge in [-0.25, -0.2) is 0 Å². The molecule has 3 aromatic rings. The highest BCUT2D eigenvalue weighted by molar-refractivity contribution is 6.35. The molecule has 1 N–H and O–H groups in total. The molecule has 0 bridgehead atoms. The van der Waals surface area contributed by atoms with Crippen molar-refractivity contribution in [2.24, 2.45) is 0 Å². The third kappa shape index (κ3) is 6.01. The summed E-state index contributed by atoms with van der Waals surface area (Å²) >= 11 is 18.0. The molecule has 3 aromatic carbocycles. The van der Waals surface area contributed by atoms with Crippen molar-refractivity contribution in [3.63, 3.8) is 0 Å². The Labute approximate surface area is 189 Å². The number of nitriles is 1. The summed E-state index contributed by atoms with van der Waals surface area (Å²) in [5, 5.41) is 13.4. The minimum Gasteiger partial charge on any atom is -0.489 e. The molecule has 0 unspecified atom stereocenters. The molecule has 0 spiro atoms. The minimum atomic E-state index is -0.571. The third-order valence-corrected chi connectivity index (χ3v) is 4.81. The van der Waals surface area contributed by atoms with E-state index in [1.807, 2.05) is 24.3 Å². The van der Waals surface area contributed by atoms with Crippen molar-refractivity contribution in [3.05, 3.63) is 98.5 Å². The lowest BCUT2D eigenvalue weighted by Gasteiger charge is -2.09. The van der Waals surface area contributed by atoms with E-state index in [9.17, 15) is 10.1 Å². The Hall–Kier alpha value is -2.97. The van der Waals surface area contributed by atoms with Gasteiger partial charge in [-0.05, 0) is 48.0 Å². The van der Waals surface area contributed by atoms with Crippen LogP contribution in [0.5, 0.6) is 5.75 Å². The molecule has 0 radical (unpaired) electrons. The molecule has 0 aliphatic heterocycles. The molecule has 0 atom stereocenters. The second-order valence-electron chi connectivity index (χ2n) is 6.23. The molecule has 0 heterocycles. The van der Waals surface area contributed by atoms with Crippen LogP contribution in [0.2, 0.25) is 15.1 Å². The van der Waals surface area contributed by atoms with E-state index < -0.39 is 5.91 Å². The fourth-order valence-corrected chi connectivity index (χ4v) is 3.33. The van der Waals surface area contributed by atoms with Gasteiger partial charge in [-0.15, -0.1) is 0 Å². The van der Waals surface area contributed by atoms with Crippen molar-refractivity contribution in [2.45, 2.75) is 6.61 Å². The van der Waals surface area contributed by atoms with E-state index in [4.69, 9.17) is 39.5 Å². The van der Waals surface area contributed by atoms with Gasteiger partial charge in [0.1, 0.15) is 24.0 Å². The summed E-state index contributed by atoms with van der Waals surface area (Å²) in [5.74, 6) is 0.0150.